The summed E-state index contributed by atoms with van der Waals surface area (Å²) < 4.78 is 10.0. The Hall–Kier alpha value is -0.610. The molecule has 0 aromatic heterocycles. The zero-order valence-corrected chi connectivity index (χ0v) is 5.74. The van der Waals surface area contributed by atoms with Crippen LogP contribution in [0.2, 0.25) is 0 Å². The first kappa shape index (κ1) is 7.50. The van der Waals surface area contributed by atoms with Gasteiger partial charge in [0.1, 0.15) is 0 Å². The summed E-state index contributed by atoms with van der Waals surface area (Å²) in [5.74, 6) is -0.890. The lowest BCUT2D eigenvalue weighted by atomic mass is 10.4. The minimum absolute atomic E-state index is 0.0318. The number of ether oxygens (including phenoxy) is 2. The number of rotatable bonds is 2. The third-order valence-corrected chi connectivity index (χ3v) is 1.24. The van der Waals surface area contributed by atoms with E-state index in [2.05, 4.69) is 0 Å². The molecule has 0 saturated carbocycles. The lowest BCUT2D eigenvalue weighted by molar-refractivity contribution is -0.146. The summed E-state index contributed by atoms with van der Waals surface area (Å²) in [6, 6.07) is 0. The molecule has 10 heavy (non-hydrogen) atoms. The van der Waals surface area contributed by atoms with Crippen LogP contribution >= 0.6 is 0 Å². The van der Waals surface area contributed by atoms with Crippen molar-refractivity contribution in [3.63, 3.8) is 0 Å². The highest BCUT2D eigenvalue weighted by atomic mass is 16.7. The van der Waals surface area contributed by atoms with E-state index >= 15 is 0 Å². The predicted octanol–water partition coefficient (Wildman–Crippen LogP) is 0.222. The van der Waals surface area contributed by atoms with E-state index in [0.717, 1.165) is 0 Å². The zero-order valence-electron chi connectivity index (χ0n) is 5.74. The molecule has 0 radical (unpaired) electrons. The van der Waals surface area contributed by atoms with Gasteiger partial charge in [-0.3, -0.25) is 4.79 Å². The van der Waals surface area contributed by atoms with E-state index in [9.17, 15) is 4.79 Å². The van der Waals surface area contributed by atoms with Crippen LogP contribution in [-0.2, 0) is 14.3 Å². The van der Waals surface area contributed by atoms with Crippen molar-refractivity contribution in [1.82, 2.24) is 0 Å². The van der Waals surface area contributed by atoms with Crippen molar-refractivity contribution in [3.8, 4) is 0 Å². The number of hydrogen-bond acceptors (Lipinski definition) is 3. The van der Waals surface area contributed by atoms with Crippen molar-refractivity contribution in [2.75, 3.05) is 6.61 Å². The van der Waals surface area contributed by atoms with E-state index in [0.29, 0.717) is 6.61 Å². The molecule has 0 spiro atoms. The number of carbonyl (C=O) groups is 1. The van der Waals surface area contributed by atoms with E-state index in [-0.39, 0.29) is 12.5 Å². The second-order valence-electron chi connectivity index (χ2n) is 2.31. The molecule has 1 aliphatic rings. The molecule has 0 aromatic carbocycles. The van der Waals surface area contributed by atoms with Gasteiger partial charge in [-0.1, -0.05) is 0 Å². The minimum Gasteiger partial charge on any atom is -0.481 e. The summed E-state index contributed by atoms with van der Waals surface area (Å²) in [5, 5.41) is 8.30. The van der Waals surface area contributed by atoms with Gasteiger partial charge in [-0.05, 0) is 6.92 Å². The van der Waals surface area contributed by atoms with Gasteiger partial charge >= 0.3 is 5.97 Å². The summed E-state index contributed by atoms with van der Waals surface area (Å²) in [6.45, 7) is 2.35. The van der Waals surface area contributed by atoms with Crippen LogP contribution in [0, 0.1) is 0 Å². The van der Waals surface area contributed by atoms with E-state index in [1.54, 1.807) is 0 Å². The molecule has 1 heterocycles. The van der Waals surface area contributed by atoms with Crippen LogP contribution in [0.4, 0.5) is 0 Å². The first-order valence-electron chi connectivity index (χ1n) is 3.17. The summed E-state index contributed by atoms with van der Waals surface area (Å²) in [4.78, 5) is 10.1. The minimum atomic E-state index is -0.890. The van der Waals surface area contributed by atoms with Crippen molar-refractivity contribution in [2.24, 2.45) is 0 Å². The summed E-state index contributed by atoms with van der Waals surface area (Å²) in [7, 11) is 0. The Morgan fingerprint density at radius 3 is 2.90 bits per heavy atom. The van der Waals surface area contributed by atoms with Crippen molar-refractivity contribution in [2.45, 2.75) is 25.7 Å². The largest absolute Gasteiger partial charge is 0.481 e. The third kappa shape index (κ3) is 1.97. The molecular weight excluding hydrogens is 136 g/mol. The van der Waals surface area contributed by atoms with Crippen molar-refractivity contribution in [3.05, 3.63) is 0 Å². The Kier molecular flexibility index (Phi) is 2.24. The molecule has 4 nitrogen and oxygen atoms in total. The lowest BCUT2D eigenvalue weighted by Gasteiger charge is -2.04. The van der Waals surface area contributed by atoms with Gasteiger partial charge in [0.2, 0.25) is 0 Å². The molecule has 1 N–H and O–H groups in total. The summed E-state index contributed by atoms with van der Waals surface area (Å²) >= 11 is 0. The lowest BCUT2D eigenvalue weighted by Crippen LogP contribution is -2.14. The first-order valence-corrected chi connectivity index (χ1v) is 3.17. The van der Waals surface area contributed by atoms with Crippen LogP contribution in [-0.4, -0.2) is 30.1 Å². The fourth-order valence-electron chi connectivity index (χ4n) is 0.830. The topological polar surface area (TPSA) is 55.8 Å². The van der Waals surface area contributed by atoms with Gasteiger partial charge in [-0.15, -0.1) is 0 Å². The normalized spacial score (nSPS) is 32.5. The highest BCUT2D eigenvalue weighted by molar-refractivity contribution is 5.67. The Labute approximate surface area is 58.7 Å². The Balaban J connectivity index is 2.24. The third-order valence-electron chi connectivity index (χ3n) is 1.24. The second kappa shape index (κ2) is 2.98. The Morgan fingerprint density at radius 2 is 2.50 bits per heavy atom. The maximum atomic E-state index is 10.1. The van der Waals surface area contributed by atoms with Gasteiger partial charge in [0.15, 0.2) is 6.29 Å². The Morgan fingerprint density at radius 1 is 1.80 bits per heavy atom. The molecule has 2 atom stereocenters. The van der Waals surface area contributed by atoms with Crippen LogP contribution in [0.5, 0.6) is 0 Å². The predicted molar refractivity (Wildman–Crippen MR) is 32.5 cm³/mol. The molecule has 58 valence electrons. The van der Waals surface area contributed by atoms with E-state index in [1.165, 1.54) is 0 Å². The average Bonchev–Trinajstić information content (AvgIpc) is 2.13. The fraction of sp³-hybridized carbons (Fsp3) is 0.833. The number of hydrogen-bond donors (Lipinski definition) is 1. The van der Waals surface area contributed by atoms with Gasteiger partial charge in [0, 0.05) is 0 Å². The van der Waals surface area contributed by atoms with Crippen molar-refractivity contribution < 1.29 is 19.4 Å². The van der Waals surface area contributed by atoms with Gasteiger partial charge in [-0.25, -0.2) is 0 Å². The van der Waals surface area contributed by atoms with Gasteiger partial charge < -0.3 is 14.6 Å². The molecular formula is C6H10O4. The van der Waals surface area contributed by atoms with Crippen LogP contribution in [0.3, 0.4) is 0 Å². The molecule has 4 heteroatoms. The number of carboxylic acids is 1. The standard InChI is InChI=1S/C6H10O4/c1-4-3-9-6(10-4)2-5(7)8/h4,6H,2-3H2,1H3,(H,7,8). The molecule has 2 unspecified atom stereocenters. The molecule has 0 bridgehead atoms. The zero-order chi connectivity index (χ0) is 7.56. The molecule has 0 amide bonds. The SMILES string of the molecule is CC1COC(CC(=O)O)O1. The molecule has 1 fully saturated rings. The average molecular weight is 146 g/mol. The van der Waals surface area contributed by atoms with Gasteiger partial charge in [-0.2, -0.15) is 0 Å². The highest BCUT2D eigenvalue weighted by Gasteiger charge is 2.24. The summed E-state index contributed by atoms with van der Waals surface area (Å²) in [5.41, 5.74) is 0. The van der Waals surface area contributed by atoms with E-state index in [4.69, 9.17) is 14.6 Å². The van der Waals surface area contributed by atoms with E-state index < -0.39 is 12.3 Å². The van der Waals surface area contributed by atoms with E-state index in [1.807, 2.05) is 6.92 Å². The molecule has 1 aliphatic heterocycles. The molecule has 0 aliphatic carbocycles. The van der Waals surface area contributed by atoms with Gasteiger partial charge in [0.05, 0.1) is 19.1 Å². The maximum absolute atomic E-state index is 10.1. The summed E-state index contributed by atoms with van der Waals surface area (Å²) in [6.07, 6.45) is -0.568. The van der Waals surface area contributed by atoms with Crippen molar-refractivity contribution >= 4 is 5.97 Å². The molecule has 1 rings (SSSR count). The highest BCUT2D eigenvalue weighted by Crippen LogP contribution is 2.13. The molecule has 1 saturated heterocycles. The van der Waals surface area contributed by atoms with Crippen LogP contribution in [0.15, 0.2) is 0 Å². The second-order valence-corrected chi connectivity index (χ2v) is 2.31. The quantitative estimate of drug-likeness (QED) is 0.605. The van der Waals surface area contributed by atoms with Crippen LogP contribution in [0.1, 0.15) is 13.3 Å². The number of carboxylic acid groups (broad SMARTS) is 1. The Bertz CT molecular complexity index is 134. The molecule has 0 aromatic rings. The van der Waals surface area contributed by atoms with Crippen LogP contribution in [0.25, 0.3) is 0 Å². The fourth-order valence-corrected chi connectivity index (χ4v) is 0.830. The monoisotopic (exact) mass is 146 g/mol. The van der Waals surface area contributed by atoms with Gasteiger partial charge in [0.25, 0.3) is 0 Å². The smallest absolute Gasteiger partial charge is 0.308 e. The van der Waals surface area contributed by atoms with Crippen molar-refractivity contribution in [1.29, 1.82) is 0 Å². The van der Waals surface area contributed by atoms with Crippen LogP contribution < -0.4 is 0 Å². The number of aliphatic carboxylic acids is 1. The first-order chi connectivity index (χ1) is 4.68. The maximum Gasteiger partial charge on any atom is 0.308 e.